The zero-order chi connectivity index (χ0) is 13.3. The lowest BCUT2D eigenvalue weighted by atomic mass is 10.00. The van der Waals surface area contributed by atoms with Crippen molar-refractivity contribution < 1.29 is 10.0 Å². The molecule has 5 nitrogen and oxygen atoms in total. The molecule has 5 heteroatoms. The zero-order valence-electron chi connectivity index (χ0n) is 9.75. The van der Waals surface area contributed by atoms with Crippen LogP contribution in [-0.4, -0.2) is 10.0 Å². The fourth-order valence-corrected chi connectivity index (χ4v) is 1.88. The minimum atomic E-state index is -0.466. The van der Waals surface area contributed by atoms with Gasteiger partial charge in [0.05, 0.1) is 4.92 Å². The van der Waals surface area contributed by atoms with E-state index < -0.39 is 4.92 Å². The summed E-state index contributed by atoms with van der Waals surface area (Å²) in [7, 11) is 0. The maximum absolute atomic E-state index is 10.8. The number of phenolic OH excluding ortho intramolecular Hbond substituents is 1. The molecule has 0 fully saturated rings. The van der Waals surface area contributed by atoms with Crippen LogP contribution in [0.1, 0.15) is 5.56 Å². The minimum Gasteiger partial charge on any atom is -0.507 e. The van der Waals surface area contributed by atoms with Crippen LogP contribution in [0.15, 0.2) is 36.4 Å². The number of anilines is 1. The van der Waals surface area contributed by atoms with Gasteiger partial charge in [-0.15, -0.1) is 0 Å². The van der Waals surface area contributed by atoms with Gasteiger partial charge >= 0.3 is 0 Å². The Balaban J connectivity index is 2.68. The average Bonchev–Trinajstić information content (AvgIpc) is 2.28. The third-order valence-corrected chi connectivity index (χ3v) is 2.64. The van der Waals surface area contributed by atoms with Crippen LogP contribution in [0.3, 0.4) is 0 Å². The monoisotopic (exact) mass is 244 g/mol. The van der Waals surface area contributed by atoms with Crippen molar-refractivity contribution in [3.05, 3.63) is 52.1 Å². The number of phenols is 1. The largest absolute Gasteiger partial charge is 0.507 e. The second kappa shape index (κ2) is 4.37. The van der Waals surface area contributed by atoms with Gasteiger partial charge in [-0.3, -0.25) is 10.1 Å². The average molecular weight is 244 g/mol. The molecule has 0 aliphatic carbocycles. The molecule has 2 rings (SSSR count). The summed E-state index contributed by atoms with van der Waals surface area (Å²) < 4.78 is 0. The van der Waals surface area contributed by atoms with Crippen LogP contribution in [0.4, 0.5) is 11.4 Å². The molecular weight excluding hydrogens is 232 g/mol. The number of benzene rings is 2. The van der Waals surface area contributed by atoms with E-state index in [1.165, 1.54) is 18.2 Å². The van der Waals surface area contributed by atoms with Crippen molar-refractivity contribution in [2.75, 3.05) is 5.73 Å². The molecule has 2 aromatic rings. The second-order valence-electron chi connectivity index (χ2n) is 4.06. The topological polar surface area (TPSA) is 89.4 Å². The van der Waals surface area contributed by atoms with Crippen molar-refractivity contribution in [3.63, 3.8) is 0 Å². The predicted molar refractivity (Wildman–Crippen MR) is 69.3 cm³/mol. The van der Waals surface area contributed by atoms with Gasteiger partial charge in [0.15, 0.2) is 0 Å². The fourth-order valence-electron chi connectivity index (χ4n) is 1.88. The standard InChI is InChI=1S/C13H12N2O3/c1-8-5-9(7-10(6-8)15(17)18)13-11(14)3-2-4-12(13)16/h2-7,16H,14H2,1H3. The van der Waals surface area contributed by atoms with E-state index in [4.69, 9.17) is 5.73 Å². The van der Waals surface area contributed by atoms with E-state index in [-0.39, 0.29) is 11.4 Å². The maximum Gasteiger partial charge on any atom is 0.270 e. The Hall–Kier alpha value is -2.56. The molecule has 0 saturated heterocycles. The summed E-state index contributed by atoms with van der Waals surface area (Å²) in [6.45, 7) is 1.76. The van der Waals surface area contributed by atoms with Gasteiger partial charge in [0.1, 0.15) is 5.75 Å². The molecule has 0 aliphatic heterocycles. The quantitative estimate of drug-likeness (QED) is 0.483. The molecule has 0 radical (unpaired) electrons. The molecule has 0 heterocycles. The summed E-state index contributed by atoms with van der Waals surface area (Å²) in [5.41, 5.74) is 7.86. The highest BCUT2D eigenvalue weighted by Crippen LogP contribution is 2.36. The van der Waals surface area contributed by atoms with Gasteiger partial charge in [-0.2, -0.15) is 0 Å². The van der Waals surface area contributed by atoms with E-state index in [1.54, 1.807) is 25.1 Å². The number of aryl methyl sites for hydroxylation is 1. The molecule has 0 atom stereocenters. The van der Waals surface area contributed by atoms with Gasteiger partial charge in [-0.05, 0) is 30.2 Å². The number of hydrogen-bond donors (Lipinski definition) is 2. The van der Waals surface area contributed by atoms with E-state index in [0.29, 0.717) is 16.8 Å². The molecule has 0 aliphatic rings. The van der Waals surface area contributed by atoms with Gasteiger partial charge in [0.25, 0.3) is 5.69 Å². The normalized spacial score (nSPS) is 10.3. The van der Waals surface area contributed by atoms with Gasteiger partial charge in [-0.1, -0.05) is 12.1 Å². The number of nitrogen functional groups attached to an aromatic ring is 1. The first kappa shape index (κ1) is 11.9. The first-order chi connectivity index (χ1) is 8.49. The molecule has 0 aromatic heterocycles. The third-order valence-electron chi connectivity index (χ3n) is 2.64. The third kappa shape index (κ3) is 2.10. The number of aromatic hydroxyl groups is 1. The summed E-state index contributed by atoms with van der Waals surface area (Å²) in [5, 5.41) is 20.6. The lowest BCUT2D eigenvalue weighted by molar-refractivity contribution is -0.384. The molecular formula is C13H12N2O3. The number of hydrogen-bond acceptors (Lipinski definition) is 4. The van der Waals surface area contributed by atoms with E-state index in [1.807, 2.05) is 0 Å². The Labute approximate surface area is 104 Å². The highest BCUT2D eigenvalue weighted by atomic mass is 16.6. The molecule has 18 heavy (non-hydrogen) atoms. The highest BCUT2D eigenvalue weighted by molar-refractivity contribution is 5.82. The van der Waals surface area contributed by atoms with Crippen LogP contribution >= 0.6 is 0 Å². The first-order valence-corrected chi connectivity index (χ1v) is 5.33. The Morgan fingerprint density at radius 2 is 2.00 bits per heavy atom. The van der Waals surface area contributed by atoms with Crippen LogP contribution in [0.2, 0.25) is 0 Å². The van der Waals surface area contributed by atoms with E-state index in [0.717, 1.165) is 5.56 Å². The van der Waals surface area contributed by atoms with Gasteiger partial charge < -0.3 is 10.8 Å². The second-order valence-corrected chi connectivity index (χ2v) is 4.06. The maximum atomic E-state index is 10.8. The molecule has 2 aromatic carbocycles. The van der Waals surface area contributed by atoms with Crippen molar-refractivity contribution in [2.24, 2.45) is 0 Å². The summed E-state index contributed by atoms with van der Waals surface area (Å²) in [6.07, 6.45) is 0. The minimum absolute atomic E-state index is 0.00916. The van der Waals surface area contributed by atoms with Crippen LogP contribution < -0.4 is 5.73 Å². The van der Waals surface area contributed by atoms with Crippen LogP contribution in [0, 0.1) is 17.0 Å². The van der Waals surface area contributed by atoms with Crippen LogP contribution in [0.5, 0.6) is 5.75 Å². The number of non-ortho nitro benzene ring substituents is 1. The van der Waals surface area contributed by atoms with Crippen LogP contribution in [-0.2, 0) is 0 Å². The summed E-state index contributed by atoms with van der Waals surface area (Å²) in [4.78, 5) is 10.4. The molecule has 0 spiro atoms. The number of nitro benzene ring substituents is 1. The number of rotatable bonds is 2. The Kier molecular flexibility index (Phi) is 2.89. The van der Waals surface area contributed by atoms with Gasteiger partial charge in [0.2, 0.25) is 0 Å². The zero-order valence-corrected chi connectivity index (χ0v) is 9.75. The molecule has 0 bridgehead atoms. The van der Waals surface area contributed by atoms with Crippen molar-refractivity contribution in [1.29, 1.82) is 0 Å². The summed E-state index contributed by atoms with van der Waals surface area (Å²) in [5.74, 6) is 0.00916. The molecule has 0 unspecified atom stereocenters. The Bertz CT molecular complexity index is 603. The number of nitrogens with zero attached hydrogens (tertiary/aromatic N) is 1. The lowest BCUT2D eigenvalue weighted by Gasteiger charge is -2.09. The number of nitro groups is 1. The van der Waals surface area contributed by atoms with E-state index in [9.17, 15) is 15.2 Å². The van der Waals surface area contributed by atoms with Crippen molar-refractivity contribution >= 4 is 11.4 Å². The number of nitrogens with two attached hydrogens (primary N) is 1. The fraction of sp³-hybridized carbons (Fsp3) is 0.0769. The lowest BCUT2D eigenvalue weighted by Crippen LogP contribution is -1.93. The molecule has 3 N–H and O–H groups in total. The first-order valence-electron chi connectivity index (χ1n) is 5.33. The van der Waals surface area contributed by atoms with Crippen molar-refractivity contribution in [3.8, 4) is 16.9 Å². The summed E-state index contributed by atoms with van der Waals surface area (Å²) >= 11 is 0. The SMILES string of the molecule is Cc1cc(-c2c(N)cccc2O)cc([N+](=O)[O-])c1. The smallest absolute Gasteiger partial charge is 0.270 e. The van der Waals surface area contributed by atoms with E-state index >= 15 is 0 Å². The Morgan fingerprint density at radius 3 is 2.61 bits per heavy atom. The van der Waals surface area contributed by atoms with Crippen LogP contribution in [0.25, 0.3) is 11.1 Å². The van der Waals surface area contributed by atoms with Gasteiger partial charge in [0, 0.05) is 23.4 Å². The molecule has 0 saturated carbocycles. The highest BCUT2D eigenvalue weighted by Gasteiger charge is 2.13. The van der Waals surface area contributed by atoms with Crippen molar-refractivity contribution in [2.45, 2.75) is 6.92 Å². The van der Waals surface area contributed by atoms with Crippen molar-refractivity contribution in [1.82, 2.24) is 0 Å². The predicted octanol–water partition coefficient (Wildman–Crippen LogP) is 2.86. The van der Waals surface area contributed by atoms with Gasteiger partial charge in [-0.25, -0.2) is 0 Å². The molecule has 0 amide bonds. The van der Waals surface area contributed by atoms with E-state index in [2.05, 4.69) is 0 Å². The Morgan fingerprint density at radius 1 is 1.28 bits per heavy atom. The molecule has 92 valence electrons. The summed E-state index contributed by atoms with van der Waals surface area (Å²) in [6, 6.07) is 9.39.